The van der Waals surface area contributed by atoms with Crippen LogP contribution in [-0.4, -0.2) is 15.1 Å². The molecule has 5 nitrogen and oxygen atoms in total. The topological polar surface area (TPSA) is 71.8 Å². The summed E-state index contributed by atoms with van der Waals surface area (Å²) in [5.41, 5.74) is 0.0307. The lowest BCUT2D eigenvalue weighted by Crippen LogP contribution is -1.89. The van der Waals surface area contributed by atoms with E-state index in [1.165, 1.54) is 12.1 Å². The third-order valence-electron chi connectivity index (χ3n) is 1.86. The van der Waals surface area contributed by atoms with Gasteiger partial charge in [-0.15, -0.1) is 0 Å². The molecule has 0 bridgehead atoms. The molecule has 0 saturated carbocycles. The molecule has 0 saturated heterocycles. The van der Waals surface area contributed by atoms with Crippen molar-refractivity contribution in [3.05, 3.63) is 39.2 Å². The largest absolute Gasteiger partial charge is 0.270 e. The summed E-state index contributed by atoms with van der Waals surface area (Å²) in [6, 6.07) is 4.50. The highest BCUT2D eigenvalue weighted by Crippen LogP contribution is 2.19. The summed E-state index contributed by atoms with van der Waals surface area (Å²) in [5, 5.41) is 18.3. The van der Waals surface area contributed by atoms with Crippen molar-refractivity contribution in [2.45, 2.75) is 0 Å². The first-order chi connectivity index (χ1) is 6.68. The van der Waals surface area contributed by atoms with Crippen LogP contribution in [0, 0.1) is 14.8 Å². The summed E-state index contributed by atoms with van der Waals surface area (Å²) < 4.78 is 0.409. The van der Waals surface area contributed by atoms with E-state index in [1.54, 1.807) is 12.3 Å². The third kappa shape index (κ3) is 1.35. The first-order valence-corrected chi connectivity index (χ1v) is 4.21. The molecule has 2 aromatic rings. The van der Waals surface area contributed by atoms with Crippen LogP contribution in [0.25, 0.3) is 10.8 Å². The molecule has 14 heavy (non-hydrogen) atoms. The zero-order valence-corrected chi connectivity index (χ0v) is 7.75. The van der Waals surface area contributed by atoms with Gasteiger partial charge in [-0.05, 0) is 6.07 Å². The predicted molar refractivity (Wildman–Crippen MR) is 53.6 cm³/mol. The number of fused-ring (bicyclic) bond motifs is 1. The van der Waals surface area contributed by atoms with Crippen molar-refractivity contribution in [3.63, 3.8) is 0 Å². The summed E-state index contributed by atoms with van der Waals surface area (Å²) in [7, 11) is 0. The van der Waals surface area contributed by atoms with Crippen molar-refractivity contribution in [2.75, 3.05) is 0 Å². The summed E-state index contributed by atoms with van der Waals surface area (Å²) >= 11 is 4.96. The van der Waals surface area contributed by atoms with E-state index in [4.69, 9.17) is 12.2 Å². The van der Waals surface area contributed by atoms with Gasteiger partial charge in [-0.2, -0.15) is 5.10 Å². The van der Waals surface area contributed by atoms with Crippen LogP contribution >= 0.6 is 12.2 Å². The summed E-state index contributed by atoms with van der Waals surface area (Å²) in [6.45, 7) is 0. The lowest BCUT2D eigenvalue weighted by Gasteiger charge is -1.96. The highest BCUT2D eigenvalue weighted by molar-refractivity contribution is 7.71. The lowest BCUT2D eigenvalue weighted by atomic mass is 10.2. The van der Waals surface area contributed by atoms with Gasteiger partial charge in [-0.25, -0.2) is 0 Å². The molecule has 1 heterocycles. The Morgan fingerprint density at radius 2 is 2.29 bits per heavy atom. The second-order valence-corrected chi connectivity index (χ2v) is 3.14. The van der Waals surface area contributed by atoms with E-state index >= 15 is 0 Å². The molecule has 0 fully saturated rings. The minimum Gasteiger partial charge on any atom is -0.267 e. The van der Waals surface area contributed by atoms with Gasteiger partial charge >= 0.3 is 0 Å². The van der Waals surface area contributed by atoms with Gasteiger partial charge < -0.3 is 0 Å². The maximum Gasteiger partial charge on any atom is 0.270 e. The monoisotopic (exact) mass is 207 g/mol. The second kappa shape index (κ2) is 3.15. The van der Waals surface area contributed by atoms with Crippen LogP contribution in [-0.2, 0) is 0 Å². The van der Waals surface area contributed by atoms with Gasteiger partial charge in [0, 0.05) is 22.9 Å². The first-order valence-electron chi connectivity index (χ1n) is 3.80. The van der Waals surface area contributed by atoms with Gasteiger partial charge in [0.25, 0.3) is 5.69 Å². The van der Waals surface area contributed by atoms with E-state index in [2.05, 4.69) is 10.2 Å². The van der Waals surface area contributed by atoms with Crippen molar-refractivity contribution >= 4 is 28.7 Å². The molecule has 0 unspecified atom stereocenters. The normalized spacial score (nSPS) is 10.3. The molecule has 0 aliphatic heterocycles. The lowest BCUT2D eigenvalue weighted by molar-refractivity contribution is -0.384. The molecule has 1 aromatic heterocycles. The quantitative estimate of drug-likeness (QED) is 0.442. The van der Waals surface area contributed by atoms with Crippen LogP contribution in [0.5, 0.6) is 0 Å². The average molecular weight is 207 g/mol. The predicted octanol–water partition coefficient (Wildman–Crippen LogP) is 2.20. The molecule has 0 spiro atoms. The number of nitrogens with one attached hydrogen (secondary N) is 1. The van der Waals surface area contributed by atoms with Crippen molar-refractivity contribution < 1.29 is 4.92 Å². The summed E-state index contributed by atoms with van der Waals surface area (Å²) in [4.78, 5) is 10.1. The standard InChI is InChI=1S/C8H5N3O2S/c12-11(13)6-2-1-5-4-9-10-8(14)7(5)3-6/h1-4H,(H,10,14). The maximum atomic E-state index is 10.5. The number of non-ortho nitro benzene ring substituents is 1. The van der Waals surface area contributed by atoms with Crippen LogP contribution < -0.4 is 0 Å². The van der Waals surface area contributed by atoms with Crippen LogP contribution in [0.3, 0.4) is 0 Å². The molecule has 0 aliphatic carbocycles. The van der Waals surface area contributed by atoms with E-state index in [-0.39, 0.29) is 5.69 Å². The first kappa shape index (κ1) is 8.76. The smallest absolute Gasteiger partial charge is 0.267 e. The number of nitro benzene ring substituents is 1. The Balaban J connectivity index is 2.83. The Morgan fingerprint density at radius 3 is 3.00 bits per heavy atom. The van der Waals surface area contributed by atoms with E-state index < -0.39 is 4.92 Å². The number of hydrogen-bond acceptors (Lipinski definition) is 4. The molecule has 0 amide bonds. The number of aromatic nitrogens is 2. The number of rotatable bonds is 1. The number of nitro groups is 1. The molecular formula is C8H5N3O2S. The third-order valence-corrected chi connectivity index (χ3v) is 2.17. The Labute approximate surface area is 83.5 Å². The van der Waals surface area contributed by atoms with Gasteiger partial charge in [0.1, 0.15) is 4.64 Å². The molecule has 1 aromatic carbocycles. The fourth-order valence-corrected chi connectivity index (χ4v) is 1.42. The fraction of sp³-hybridized carbons (Fsp3) is 0. The zero-order valence-electron chi connectivity index (χ0n) is 6.93. The number of nitrogens with zero attached hydrogens (tertiary/aromatic N) is 2. The highest BCUT2D eigenvalue weighted by atomic mass is 32.1. The molecule has 2 rings (SSSR count). The van der Waals surface area contributed by atoms with Crippen LogP contribution in [0.2, 0.25) is 0 Å². The van der Waals surface area contributed by atoms with E-state index in [0.29, 0.717) is 10.0 Å². The minimum absolute atomic E-state index is 0.0307. The van der Waals surface area contributed by atoms with Crippen molar-refractivity contribution in [3.8, 4) is 0 Å². The minimum atomic E-state index is -0.450. The molecule has 1 N–H and O–H groups in total. The number of benzene rings is 1. The van der Waals surface area contributed by atoms with Crippen LogP contribution in [0.4, 0.5) is 5.69 Å². The van der Waals surface area contributed by atoms with Gasteiger partial charge in [-0.3, -0.25) is 15.2 Å². The van der Waals surface area contributed by atoms with Gasteiger partial charge in [0.15, 0.2) is 0 Å². The van der Waals surface area contributed by atoms with Crippen molar-refractivity contribution in [1.29, 1.82) is 0 Å². The molecule has 6 heteroatoms. The number of H-pyrrole nitrogens is 1. The Kier molecular flexibility index (Phi) is 1.97. The molecule has 0 aliphatic rings. The zero-order chi connectivity index (χ0) is 10.1. The Morgan fingerprint density at radius 1 is 1.50 bits per heavy atom. The fourth-order valence-electron chi connectivity index (χ4n) is 1.19. The Bertz CT molecular complexity index is 564. The van der Waals surface area contributed by atoms with Crippen LogP contribution in [0.15, 0.2) is 24.4 Å². The van der Waals surface area contributed by atoms with Crippen molar-refractivity contribution in [2.24, 2.45) is 0 Å². The van der Waals surface area contributed by atoms with Crippen LogP contribution in [0.1, 0.15) is 0 Å². The van der Waals surface area contributed by atoms with Gasteiger partial charge in [0.05, 0.1) is 11.1 Å². The molecule has 70 valence electrons. The Hall–Kier alpha value is -1.82. The van der Waals surface area contributed by atoms with E-state index in [0.717, 1.165) is 5.39 Å². The maximum absolute atomic E-state index is 10.5. The van der Waals surface area contributed by atoms with Gasteiger partial charge in [0.2, 0.25) is 0 Å². The number of aromatic amines is 1. The summed E-state index contributed by atoms with van der Waals surface area (Å²) in [5.74, 6) is 0. The molecule has 0 radical (unpaired) electrons. The number of hydrogen-bond donors (Lipinski definition) is 1. The highest BCUT2D eigenvalue weighted by Gasteiger charge is 2.06. The second-order valence-electron chi connectivity index (χ2n) is 2.73. The average Bonchev–Trinajstić information content (AvgIpc) is 2.18. The van der Waals surface area contributed by atoms with E-state index in [1.807, 2.05) is 0 Å². The van der Waals surface area contributed by atoms with Gasteiger partial charge in [-0.1, -0.05) is 12.2 Å². The van der Waals surface area contributed by atoms with Crippen molar-refractivity contribution in [1.82, 2.24) is 10.2 Å². The SMILES string of the molecule is O=[N+]([O-])c1ccc2cn[nH]c(=S)c2c1. The molecular weight excluding hydrogens is 202 g/mol. The summed E-state index contributed by atoms with van der Waals surface area (Å²) in [6.07, 6.45) is 1.58. The van der Waals surface area contributed by atoms with E-state index in [9.17, 15) is 10.1 Å². The molecule has 0 atom stereocenters.